The molecule has 0 unspecified atom stereocenters. The molecule has 0 aliphatic heterocycles. The second kappa shape index (κ2) is 6.82. The Morgan fingerprint density at radius 2 is 2.26 bits per heavy atom. The number of nitrogens with zero attached hydrogens (tertiary/aromatic N) is 2. The Kier molecular flexibility index (Phi) is 5.10. The summed E-state index contributed by atoms with van der Waals surface area (Å²) in [6, 6.07) is 5.09. The van der Waals surface area contributed by atoms with Crippen LogP contribution in [0.15, 0.2) is 35.1 Å². The third-order valence-corrected chi connectivity index (χ3v) is 3.28. The molecule has 0 aliphatic rings. The number of aromatic nitrogens is 2. The van der Waals surface area contributed by atoms with Gasteiger partial charge >= 0.3 is 0 Å². The van der Waals surface area contributed by atoms with Crippen molar-refractivity contribution < 1.29 is 4.39 Å². The number of benzene rings is 1. The van der Waals surface area contributed by atoms with Gasteiger partial charge in [-0.05, 0) is 25.1 Å². The summed E-state index contributed by atoms with van der Waals surface area (Å²) in [6.07, 6.45) is 4.88. The summed E-state index contributed by atoms with van der Waals surface area (Å²) >= 11 is 3.25. The predicted molar refractivity (Wildman–Crippen MR) is 77.4 cm³/mol. The van der Waals surface area contributed by atoms with Gasteiger partial charge in [0.05, 0.1) is 12.7 Å². The second-order valence-electron chi connectivity index (χ2n) is 4.46. The molecule has 0 radical (unpaired) electrons. The van der Waals surface area contributed by atoms with Crippen molar-refractivity contribution in [3.8, 4) is 0 Å². The van der Waals surface area contributed by atoms with Gasteiger partial charge in [0.1, 0.15) is 5.82 Å². The fourth-order valence-corrected chi connectivity index (χ4v) is 2.15. The Morgan fingerprint density at radius 3 is 3.00 bits per heavy atom. The van der Waals surface area contributed by atoms with Crippen molar-refractivity contribution in [2.75, 3.05) is 6.54 Å². The number of nitrogens with one attached hydrogen (secondary N) is 1. The molecule has 1 heterocycles. The molecule has 1 aromatic heterocycles. The van der Waals surface area contributed by atoms with E-state index in [1.54, 1.807) is 10.7 Å². The third-order valence-electron chi connectivity index (χ3n) is 2.79. The second-order valence-corrected chi connectivity index (χ2v) is 5.37. The van der Waals surface area contributed by atoms with Crippen LogP contribution in [0.1, 0.15) is 24.5 Å². The van der Waals surface area contributed by atoms with Crippen LogP contribution in [-0.2, 0) is 13.1 Å². The average molecular weight is 326 g/mol. The molecule has 19 heavy (non-hydrogen) atoms. The summed E-state index contributed by atoms with van der Waals surface area (Å²) in [6.45, 7) is 4.38. The fraction of sp³-hybridized carbons (Fsp3) is 0.357. The quantitative estimate of drug-likeness (QED) is 0.825. The zero-order valence-electron chi connectivity index (χ0n) is 10.9. The third kappa shape index (κ3) is 4.14. The van der Waals surface area contributed by atoms with E-state index in [-0.39, 0.29) is 5.82 Å². The SMILES string of the molecule is CCCNCc1cnn(Cc2ccc(Br)cc2F)c1. The van der Waals surface area contributed by atoms with E-state index >= 15 is 0 Å². The van der Waals surface area contributed by atoms with Gasteiger partial charge in [-0.2, -0.15) is 5.10 Å². The molecule has 0 saturated carbocycles. The van der Waals surface area contributed by atoms with Crippen molar-refractivity contribution in [2.24, 2.45) is 0 Å². The molecule has 0 amide bonds. The standard InChI is InChI=1S/C14H17BrFN3/c1-2-5-17-7-11-8-18-19(9-11)10-12-3-4-13(15)6-14(12)16/h3-4,6,8-9,17H,2,5,7,10H2,1H3. The minimum Gasteiger partial charge on any atom is -0.313 e. The summed E-state index contributed by atoms with van der Waals surface area (Å²) < 4.78 is 16.2. The smallest absolute Gasteiger partial charge is 0.129 e. The highest BCUT2D eigenvalue weighted by molar-refractivity contribution is 9.10. The highest BCUT2D eigenvalue weighted by atomic mass is 79.9. The Labute approximate surface area is 121 Å². The lowest BCUT2D eigenvalue weighted by molar-refractivity contribution is 0.584. The van der Waals surface area contributed by atoms with Gasteiger partial charge < -0.3 is 5.32 Å². The first-order chi connectivity index (χ1) is 9.19. The first-order valence-corrected chi connectivity index (χ1v) is 7.14. The molecule has 0 atom stereocenters. The van der Waals surface area contributed by atoms with Gasteiger partial charge in [0.15, 0.2) is 0 Å². The van der Waals surface area contributed by atoms with Crippen molar-refractivity contribution in [2.45, 2.75) is 26.4 Å². The van der Waals surface area contributed by atoms with Crippen molar-refractivity contribution in [3.05, 3.63) is 52.0 Å². The van der Waals surface area contributed by atoms with Gasteiger partial charge in [0, 0.05) is 28.3 Å². The van der Waals surface area contributed by atoms with Crippen LogP contribution in [0.25, 0.3) is 0 Å². The molecule has 0 fully saturated rings. The van der Waals surface area contributed by atoms with E-state index < -0.39 is 0 Å². The number of rotatable bonds is 6. The largest absolute Gasteiger partial charge is 0.313 e. The number of hydrogen-bond acceptors (Lipinski definition) is 2. The number of hydrogen-bond donors (Lipinski definition) is 1. The van der Waals surface area contributed by atoms with Gasteiger partial charge in [0.25, 0.3) is 0 Å². The molecule has 2 aromatic rings. The van der Waals surface area contributed by atoms with Crippen molar-refractivity contribution in [3.63, 3.8) is 0 Å². The lowest BCUT2D eigenvalue weighted by Gasteiger charge is -2.04. The Balaban J connectivity index is 1.99. The molecule has 0 aliphatic carbocycles. The first-order valence-electron chi connectivity index (χ1n) is 6.35. The fourth-order valence-electron chi connectivity index (χ4n) is 1.82. The van der Waals surface area contributed by atoms with E-state index in [1.807, 2.05) is 18.5 Å². The maximum Gasteiger partial charge on any atom is 0.129 e. The molecule has 0 saturated heterocycles. The highest BCUT2D eigenvalue weighted by Gasteiger charge is 2.05. The van der Waals surface area contributed by atoms with Gasteiger partial charge in [0.2, 0.25) is 0 Å². The lowest BCUT2D eigenvalue weighted by atomic mass is 10.2. The molecule has 3 nitrogen and oxygen atoms in total. The van der Waals surface area contributed by atoms with Crippen molar-refractivity contribution in [1.29, 1.82) is 0 Å². The monoisotopic (exact) mass is 325 g/mol. The zero-order chi connectivity index (χ0) is 13.7. The topological polar surface area (TPSA) is 29.9 Å². The highest BCUT2D eigenvalue weighted by Crippen LogP contribution is 2.16. The Bertz CT molecular complexity index is 539. The van der Waals surface area contributed by atoms with Crippen LogP contribution in [0.5, 0.6) is 0 Å². The normalized spacial score (nSPS) is 10.9. The molecule has 5 heteroatoms. The van der Waals surface area contributed by atoms with Crippen molar-refractivity contribution in [1.82, 2.24) is 15.1 Å². The van der Waals surface area contributed by atoms with Crippen LogP contribution < -0.4 is 5.32 Å². The Morgan fingerprint density at radius 1 is 1.42 bits per heavy atom. The maximum atomic E-state index is 13.7. The predicted octanol–water partition coefficient (Wildman–Crippen LogP) is 3.33. The average Bonchev–Trinajstić information content (AvgIpc) is 2.81. The van der Waals surface area contributed by atoms with Gasteiger partial charge in [-0.3, -0.25) is 4.68 Å². The summed E-state index contributed by atoms with van der Waals surface area (Å²) in [5, 5.41) is 7.57. The van der Waals surface area contributed by atoms with E-state index in [2.05, 4.69) is 33.3 Å². The molecule has 0 bridgehead atoms. The number of halogens is 2. The molecule has 0 spiro atoms. The van der Waals surface area contributed by atoms with Crippen molar-refractivity contribution >= 4 is 15.9 Å². The van der Waals surface area contributed by atoms with Gasteiger partial charge in [-0.25, -0.2) is 4.39 Å². The van der Waals surface area contributed by atoms with Crippen LogP contribution in [-0.4, -0.2) is 16.3 Å². The molecule has 1 N–H and O–H groups in total. The lowest BCUT2D eigenvalue weighted by Crippen LogP contribution is -2.13. The molecule has 2 rings (SSSR count). The van der Waals surface area contributed by atoms with E-state index in [4.69, 9.17) is 0 Å². The summed E-state index contributed by atoms with van der Waals surface area (Å²) in [7, 11) is 0. The van der Waals surface area contributed by atoms with Gasteiger partial charge in [-0.15, -0.1) is 0 Å². The van der Waals surface area contributed by atoms with E-state index in [0.717, 1.165) is 29.5 Å². The van der Waals surface area contributed by atoms with Crippen LogP contribution in [0.2, 0.25) is 0 Å². The van der Waals surface area contributed by atoms with Crippen LogP contribution in [0, 0.1) is 5.82 Å². The zero-order valence-corrected chi connectivity index (χ0v) is 12.5. The van der Waals surface area contributed by atoms with E-state index in [9.17, 15) is 4.39 Å². The first kappa shape index (κ1) is 14.2. The van der Waals surface area contributed by atoms with E-state index in [0.29, 0.717) is 12.1 Å². The summed E-state index contributed by atoms with van der Waals surface area (Å²) in [5.41, 5.74) is 1.75. The molecule has 1 aromatic carbocycles. The molecular weight excluding hydrogens is 309 g/mol. The Hall–Kier alpha value is -1.20. The van der Waals surface area contributed by atoms with Crippen LogP contribution in [0.3, 0.4) is 0 Å². The molecular formula is C14H17BrFN3. The van der Waals surface area contributed by atoms with E-state index in [1.165, 1.54) is 6.07 Å². The van der Waals surface area contributed by atoms with Gasteiger partial charge in [-0.1, -0.05) is 28.9 Å². The minimum absolute atomic E-state index is 0.212. The summed E-state index contributed by atoms with van der Waals surface area (Å²) in [5.74, 6) is -0.212. The minimum atomic E-state index is -0.212. The maximum absolute atomic E-state index is 13.7. The van der Waals surface area contributed by atoms with Crippen LogP contribution in [0.4, 0.5) is 4.39 Å². The molecule has 102 valence electrons. The van der Waals surface area contributed by atoms with Crippen LogP contribution >= 0.6 is 15.9 Å². The summed E-state index contributed by atoms with van der Waals surface area (Å²) in [4.78, 5) is 0.